The lowest BCUT2D eigenvalue weighted by Gasteiger charge is -2.08. The van der Waals surface area contributed by atoms with Crippen LogP contribution in [0.3, 0.4) is 0 Å². The Labute approximate surface area is 93.8 Å². The summed E-state index contributed by atoms with van der Waals surface area (Å²) in [6.45, 7) is 0. The van der Waals surface area contributed by atoms with Gasteiger partial charge >= 0.3 is 0 Å². The number of nitrogens with zero attached hydrogens (tertiary/aromatic N) is 2. The molecular weight excluding hydrogens is 204 g/mol. The van der Waals surface area contributed by atoms with Crippen LogP contribution in [0.25, 0.3) is 0 Å². The van der Waals surface area contributed by atoms with Crippen molar-refractivity contribution in [3.8, 4) is 6.07 Å². The highest BCUT2D eigenvalue weighted by Crippen LogP contribution is 2.27. The molecular formula is C11H14N4O. The maximum atomic E-state index is 11.7. The van der Waals surface area contributed by atoms with E-state index in [1.165, 1.54) is 19.0 Å². The van der Waals surface area contributed by atoms with E-state index in [1.54, 1.807) is 0 Å². The molecule has 0 atom stereocenters. The lowest BCUT2D eigenvalue weighted by atomic mass is 10.0. The van der Waals surface area contributed by atoms with Gasteiger partial charge in [-0.2, -0.15) is 10.4 Å². The number of H-pyrrole nitrogens is 1. The van der Waals surface area contributed by atoms with Gasteiger partial charge in [-0.1, -0.05) is 12.8 Å². The summed E-state index contributed by atoms with van der Waals surface area (Å²) in [5.41, 5.74) is 0.375. The predicted molar refractivity (Wildman–Crippen MR) is 58.5 cm³/mol. The van der Waals surface area contributed by atoms with Crippen molar-refractivity contribution in [3.05, 3.63) is 11.8 Å². The first-order chi connectivity index (χ1) is 7.79. The summed E-state index contributed by atoms with van der Waals surface area (Å²) in [6, 6.07) is 1.97. The van der Waals surface area contributed by atoms with Crippen molar-refractivity contribution >= 4 is 11.7 Å². The number of anilines is 1. The van der Waals surface area contributed by atoms with E-state index in [4.69, 9.17) is 5.26 Å². The van der Waals surface area contributed by atoms with Crippen LogP contribution in [0.4, 0.5) is 5.82 Å². The van der Waals surface area contributed by atoms with E-state index in [-0.39, 0.29) is 5.91 Å². The minimum atomic E-state index is -0.0346. The van der Waals surface area contributed by atoms with Gasteiger partial charge in [0.15, 0.2) is 0 Å². The van der Waals surface area contributed by atoms with Crippen LogP contribution in [-0.2, 0) is 4.79 Å². The molecule has 1 aliphatic rings. The molecule has 16 heavy (non-hydrogen) atoms. The maximum Gasteiger partial charge on any atom is 0.225 e. The molecule has 2 rings (SSSR count). The fourth-order valence-electron chi connectivity index (χ4n) is 2.13. The molecule has 0 saturated heterocycles. The third kappa shape index (κ3) is 2.40. The van der Waals surface area contributed by atoms with E-state index in [0.717, 1.165) is 12.8 Å². The largest absolute Gasteiger partial charge is 0.310 e. The third-order valence-corrected chi connectivity index (χ3v) is 2.97. The number of nitrogens with one attached hydrogen (secondary N) is 2. The standard InChI is InChI=1S/C11H14N4O/c12-6-9-7-13-15-11(9)14-10(16)5-8-3-1-2-4-8/h7-8H,1-5H2,(H2,13,14,15,16). The van der Waals surface area contributed by atoms with Gasteiger partial charge in [-0.05, 0) is 18.8 Å². The fraction of sp³-hybridized carbons (Fsp3) is 0.545. The minimum Gasteiger partial charge on any atom is -0.310 e. The second-order valence-corrected chi connectivity index (χ2v) is 4.17. The monoisotopic (exact) mass is 218 g/mol. The summed E-state index contributed by atoms with van der Waals surface area (Å²) in [7, 11) is 0. The molecule has 1 aromatic rings. The third-order valence-electron chi connectivity index (χ3n) is 2.97. The average Bonchev–Trinajstić information content (AvgIpc) is 2.88. The fourth-order valence-corrected chi connectivity index (χ4v) is 2.13. The Bertz CT molecular complexity index is 412. The molecule has 1 saturated carbocycles. The molecule has 0 bridgehead atoms. The zero-order valence-electron chi connectivity index (χ0n) is 8.99. The van der Waals surface area contributed by atoms with Gasteiger partial charge in [-0.25, -0.2) is 0 Å². The number of rotatable bonds is 3. The highest BCUT2D eigenvalue weighted by atomic mass is 16.1. The Balaban J connectivity index is 1.89. The quantitative estimate of drug-likeness (QED) is 0.811. The van der Waals surface area contributed by atoms with Crippen molar-refractivity contribution in [2.45, 2.75) is 32.1 Å². The topological polar surface area (TPSA) is 81.6 Å². The van der Waals surface area contributed by atoms with Crippen LogP contribution >= 0.6 is 0 Å². The molecule has 0 aromatic carbocycles. The Morgan fingerprint density at radius 2 is 2.38 bits per heavy atom. The number of aromatic nitrogens is 2. The van der Waals surface area contributed by atoms with Gasteiger partial charge in [0, 0.05) is 6.42 Å². The number of amides is 1. The normalized spacial score (nSPS) is 15.9. The molecule has 1 amide bonds. The molecule has 5 nitrogen and oxygen atoms in total. The second-order valence-electron chi connectivity index (χ2n) is 4.17. The molecule has 1 heterocycles. The lowest BCUT2D eigenvalue weighted by molar-refractivity contribution is -0.117. The van der Waals surface area contributed by atoms with Crippen LogP contribution in [-0.4, -0.2) is 16.1 Å². The van der Waals surface area contributed by atoms with Crippen LogP contribution in [0.15, 0.2) is 6.20 Å². The van der Waals surface area contributed by atoms with Crippen LogP contribution in [0.1, 0.15) is 37.7 Å². The van der Waals surface area contributed by atoms with Crippen molar-refractivity contribution in [1.29, 1.82) is 5.26 Å². The molecule has 1 aromatic heterocycles. The summed E-state index contributed by atoms with van der Waals surface area (Å²) >= 11 is 0. The highest BCUT2D eigenvalue weighted by Gasteiger charge is 2.19. The first kappa shape index (κ1) is 10.7. The number of hydrogen-bond donors (Lipinski definition) is 2. The Morgan fingerprint density at radius 3 is 3.06 bits per heavy atom. The molecule has 0 spiro atoms. The van der Waals surface area contributed by atoms with E-state index in [1.807, 2.05) is 6.07 Å². The van der Waals surface area contributed by atoms with Crippen molar-refractivity contribution in [3.63, 3.8) is 0 Å². The number of hydrogen-bond acceptors (Lipinski definition) is 3. The Kier molecular flexibility index (Phi) is 3.20. The molecule has 0 unspecified atom stereocenters. The molecule has 0 aliphatic heterocycles. The van der Waals surface area contributed by atoms with Gasteiger partial charge in [-0.15, -0.1) is 0 Å². The maximum absolute atomic E-state index is 11.7. The van der Waals surface area contributed by atoms with Crippen LogP contribution < -0.4 is 5.32 Å². The van der Waals surface area contributed by atoms with E-state index < -0.39 is 0 Å². The second kappa shape index (κ2) is 4.79. The summed E-state index contributed by atoms with van der Waals surface area (Å²) in [4.78, 5) is 11.7. The zero-order chi connectivity index (χ0) is 11.4. The van der Waals surface area contributed by atoms with E-state index >= 15 is 0 Å². The molecule has 0 radical (unpaired) electrons. The van der Waals surface area contributed by atoms with Crippen LogP contribution in [0.2, 0.25) is 0 Å². The summed E-state index contributed by atoms with van der Waals surface area (Å²) in [5, 5.41) is 17.8. The van der Waals surface area contributed by atoms with Crippen molar-refractivity contribution < 1.29 is 4.79 Å². The van der Waals surface area contributed by atoms with E-state index in [2.05, 4.69) is 15.5 Å². The van der Waals surface area contributed by atoms with Gasteiger partial charge < -0.3 is 5.32 Å². The number of carbonyl (C=O) groups is 1. The molecule has 1 aliphatic carbocycles. The summed E-state index contributed by atoms with van der Waals surface area (Å²) in [6.07, 6.45) is 6.69. The van der Waals surface area contributed by atoms with Gasteiger partial charge in [-0.3, -0.25) is 9.89 Å². The van der Waals surface area contributed by atoms with Gasteiger partial charge in [0.1, 0.15) is 17.5 Å². The first-order valence-corrected chi connectivity index (χ1v) is 5.53. The minimum absolute atomic E-state index is 0.0346. The Hall–Kier alpha value is -1.83. The van der Waals surface area contributed by atoms with Gasteiger partial charge in [0.05, 0.1) is 6.20 Å². The Morgan fingerprint density at radius 1 is 1.62 bits per heavy atom. The molecule has 5 heteroatoms. The van der Waals surface area contributed by atoms with E-state index in [0.29, 0.717) is 23.7 Å². The summed E-state index contributed by atoms with van der Waals surface area (Å²) in [5.74, 6) is 0.881. The lowest BCUT2D eigenvalue weighted by Crippen LogP contribution is -2.16. The smallest absolute Gasteiger partial charge is 0.225 e. The number of carbonyl (C=O) groups excluding carboxylic acids is 1. The number of aromatic amines is 1. The average molecular weight is 218 g/mol. The highest BCUT2D eigenvalue weighted by molar-refractivity contribution is 5.91. The van der Waals surface area contributed by atoms with Gasteiger partial charge in [0.2, 0.25) is 5.91 Å². The summed E-state index contributed by atoms with van der Waals surface area (Å²) < 4.78 is 0. The van der Waals surface area contributed by atoms with Crippen LogP contribution in [0, 0.1) is 17.2 Å². The van der Waals surface area contributed by atoms with E-state index in [9.17, 15) is 4.79 Å². The first-order valence-electron chi connectivity index (χ1n) is 5.53. The van der Waals surface area contributed by atoms with Crippen molar-refractivity contribution in [2.75, 3.05) is 5.32 Å². The molecule has 84 valence electrons. The SMILES string of the molecule is N#Cc1cn[nH]c1NC(=O)CC1CCCC1. The van der Waals surface area contributed by atoms with Gasteiger partial charge in [0.25, 0.3) is 0 Å². The zero-order valence-corrected chi connectivity index (χ0v) is 8.99. The van der Waals surface area contributed by atoms with Crippen molar-refractivity contribution in [1.82, 2.24) is 10.2 Å². The molecule has 2 N–H and O–H groups in total. The van der Waals surface area contributed by atoms with Crippen LogP contribution in [0.5, 0.6) is 0 Å². The molecule has 1 fully saturated rings. The predicted octanol–water partition coefficient (Wildman–Crippen LogP) is 1.80. The van der Waals surface area contributed by atoms with Crippen molar-refractivity contribution in [2.24, 2.45) is 5.92 Å². The number of nitriles is 1.